The van der Waals surface area contributed by atoms with Crippen molar-refractivity contribution < 1.29 is 9.84 Å². The number of nitrogens with zero attached hydrogens (tertiary/aromatic N) is 1. The molecule has 1 aliphatic heterocycles. The summed E-state index contributed by atoms with van der Waals surface area (Å²) < 4.78 is 5.51. The standard InChI is InChI=1S/C14H29NO2/c1-4-14(16,5-2)12-15-9-7-8-13(10-15)11-17-6-3/h13,16H,4-12H2,1-3H3. The van der Waals surface area contributed by atoms with Crippen molar-refractivity contribution in [3.63, 3.8) is 0 Å². The van der Waals surface area contributed by atoms with Crippen LogP contribution in [-0.2, 0) is 4.74 Å². The molecule has 0 aliphatic carbocycles. The highest BCUT2D eigenvalue weighted by molar-refractivity contribution is 4.82. The summed E-state index contributed by atoms with van der Waals surface area (Å²) in [7, 11) is 0. The van der Waals surface area contributed by atoms with Gasteiger partial charge in [0.15, 0.2) is 0 Å². The molecule has 0 spiro atoms. The van der Waals surface area contributed by atoms with Crippen molar-refractivity contribution in [1.29, 1.82) is 0 Å². The Bertz CT molecular complexity index is 204. The SMILES string of the molecule is CCOCC1CCCN(CC(O)(CC)CC)C1. The van der Waals surface area contributed by atoms with Crippen LogP contribution < -0.4 is 0 Å². The van der Waals surface area contributed by atoms with Gasteiger partial charge in [0.25, 0.3) is 0 Å². The number of β-amino-alcohol motifs (C(OH)–C–C–N with tert-alkyl or cyclic N) is 1. The topological polar surface area (TPSA) is 32.7 Å². The summed E-state index contributed by atoms with van der Waals surface area (Å²) in [4.78, 5) is 2.42. The molecule has 3 nitrogen and oxygen atoms in total. The second kappa shape index (κ2) is 7.34. The first-order chi connectivity index (χ1) is 8.13. The molecule has 1 N–H and O–H groups in total. The highest BCUT2D eigenvalue weighted by atomic mass is 16.5. The Labute approximate surface area is 106 Å². The van der Waals surface area contributed by atoms with Crippen LogP contribution in [0, 0.1) is 5.92 Å². The number of likely N-dealkylation sites (tertiary alicyclic amines) is 1. The van der Waals surface area contributed by atoms with E-state index in [1.54, 1.807) is 0 Å². The normalized spacial score (nSPS) is 22.9. The molecule has 0 aromatic carbocycles. The van der Waals surface area contributed by atoms with Gasteiger partial charge in [-0.1, -0.05) is 13.8 Å². The van der Waals surface area contributed by atoms with Gasteiger partial charge < -0.3 is 14.7 Å². The van der Waals surface area contributed by atoms with E-state index in [1.165, 1.54) is 12.8 Å². The molecular weight excluding hydrogens is 214 g/mol. The van der Waals surface area contributed by atoms with Crippen molar-refractivity contribution in [2.75, 3.05) is 32.8 Å². The van der Waals surface area contributed by atoms with Gasteiger partial charge in [-0.25, -0.2) is 0 Å². The van der Waals surface area contributed by atoms with E-state index in [1.807, 2.05) is 6.92 Å². The molecule has 0 aromatic heterocycles. The number of rotatable bonds is 7. The first-order valence-corrected chi connectivity index (χ1v) is 7.16. The maximum absolute atomic E-state index is 10.4. The summed E-state index contributed by atoms with van der Waals surface area (Å²) in [6.45, 7) is 10.9. The molecule has 17 heavy (non-hydrogen) atoms. The molecule has 1 saturated heterocycles. The molecule has 102 valence electrons. The second-order valence-electron chi connectivity index (χ2n) is 5.33. The maximum atomic E-state index is 10.4. The van der Waals surface area contributed by atoms with Gasteiger partial charge in [0.1, 0.15) is 0 Å². The molecule has 0 bridgehead atoms. The summed E-state index contributed by atoms with van der Waals surface area (Å²) in [5.41, 5.74) is -0.493. The van der Waals surface area contributed by atoms with Gasteiger partial charge in [-0.05, 0) is 45.1 Å². The third-order valence-corrected chi connectivity index (χ3v) is 3.99. The van der Waals surface area contributed by atoms with Crippen LogP contribution in [0.1, 0.15) is 46.5 Å². The highest BCUT2D eigenvalue weighted by Gasteiger charge is 2.28. The Morgan fingerprint density at radius 2 is 2.00 bits per heavy atom. The Morgan fingerprint density at radius 1 is 1.29 bits per heavy atom. The smallest absolute Gasteiger partial charge is 0.0768 e. The van der Waals surface area contributed by atoms with E-state index in [4.69, 9.17) is 4.74 Å². The van der Waals surface area contributed by atoms with E-state index in [0.29, 0.717) is 5.92 Å². The molecule has 1 fully saturated rings. The first kappa shape index (κ1) is 14.9. The van der Waals surface area contributed by atoms with E-state index in [9.17, 15) is 5.11 Å². The number of hydrogen-bond donors (Lipinski definition) is 1. The lowest BCUT2D eigenvalue weighted by Gasteiger charge is -2.38. The van der Waals surface area contributed by atoms with Crippen molar-refractivity contribution in [1.82, 2.24) is 4.90 Å². The predicted molar refractivity (Wildman–Crippen MR) is 71.2 cm³/mol. The molecule has 1 unspecified atom stereocenters. The molecule has 0 aromatic rings. The lowest BCUT2D eigenvalue weighted by Crippen LogP contribution is -2.47. The monoisotopic (exact) mass is 243 g/mol. The average Bonchev–Trinajstić information content (AvgIpc) is 2.36. The molecule has 3 heteroatoms. The summed E-state index contributed by atoms with van der Waals surface area (Å²) >= 11 is 0. The van der Waals surface area contributed by atoms with Gasteiger partial charge in [-0.15, -0.1) is 0 Å². The molecule has 1 heterocycles. The minimum Gasteiger partial charge on any atom is -0.389 e. The fourth-order valence-corrected chi connectivity index (χ4v) is 2.61. The quantitative estimate of drug-likeness (QED) is 0.744. The van der Waals surface area contributed by atoms with Gasteiger partial charge in [0.2, 0.25) is 0 Å². The Balaban J connectivity index is 2.38. The van der Waals surface area contributed by atoms with E-state index >= 15 is 0 Å². The molecular formula is C14H29NO2. The van der Waals surface area contributed by atoms with Crippen LogP contribution in [0.5, 0.6) is 0 Å². The van der Waals surface area contributed by atoms with Crippen molar-refractivity contribution in [3.8, 4) is 0 Å². The van der Waals surface area contributed by atoms with Crippen molar-refractivity contribution in [3.05, 3.63) is 0 Å². The van der Waals surface area contributed by atoms with Crippen LogP contribution in [-0.4, -0.2) is 48.5 Å². The zero-order valence-electron chi connectivity index (χ0n) is 11.7. The minimum absolute atomic E-state index is 0.493. The molecule has 0 amide bonds. The van der Waals surface area contributed by atoms with Crippen LogP contribution in [0.4, 0.5) is 0 Å². The Morgan fingerprint density at radius 3 is 2.59 bits per heavy atom. The van der Waals surface area contributed by atoms with Gasteiger partial charge >= 0.3 is 0 Å². The second-order valence-corrected chi connectivity index (χ2v) is 5.33. The predicted octanol–water partition coefficient (Wildman–Crippen LogP) is 2.29. The van der Waals surface area contributed by atoms with Crippen LogP contribution >= 0.6 is 0 Å². The van der Waals surface area contributed by atoms with Gasteiger partial charge in [-0.3, -0.25) is 0 Å². The number of piperidine rings is 1. The van der Waals surface area contributed by atoms with Crippen LogP contribution in [0.25, 0.3) is 0 Å². The van der Waals surface area contributed by atoms with Gasteiger partial charge in [0, 0.05) is 19.7 Å². The lowest BCUT2D eigenvalue weighted by atomic mass is 9.93. The van der Waals surface area contributed by atoms with Crippen molar-refractivity contribution in [2.45, 2.75) is 52.1 Å². The van der Waals surface area contributed by atoms with Crippen LogP contribution in [0.2, 0.25) is 0 Å². The van der Waals surface area contributed by atoms with E-state index < -0.39 is 5.60 Å². The molecule has 1 aliphatic rings. The fraction of sp³-hybridized carbons (Fsp3) is 1.00. The Kier molecular flexibility index (Phi) is 6.45. The number of ether oxygens (including phenoxy) is 1. The van der Waals surface area contributed by atoms with Gasteiger partial charge in [0.05, 0.1) is 12.2 Å². The average molecular weight is 243 g/mol. The summed E-state index contributed by atoms with van der Waals surface area (Å²) in [6.07, 6.45) is 4.20. The third-order valence-electron chi connectivity index (χ3n) is 3.99. The van der Waals surface area contributed by atoms with Crippen LogP contribution in [0.3, 0.4) is 0 Å². The summed E-state index contributed by atoms with van der Waals surface area (Å²) in [5, 5.41) is 10.4. The molecule has 1 rings (SSSR count). The van der Waals surface area contributed by atoms with Crippen molar-refractivity contribution in [2.24, 2.45) is 5.92 Å². The molecule has 0 saturated carbocycles. The number of aliphatic hydroxyl groups is 1. The lowest BCUT2D eigenvalue weighted by molar-refractivity contribution is -0.0210. The highest BCUT2D eigenvalue weighted by Crippen LogP contribution is 2.22. The third kappa shape index (κ3) is 4.94. The van der Waals surface area contributed by atoms with Crippen LogP contribution in [0.15, 0.2) is 0 Å². The first-order valence-electron chi connectivity index (χ1n) is 7.16. The summed E-state index contributed by atoms with van der Waals surface area (Å²) in [6, 6.07) is 0. The largest absolute Gasteiger partial charge is 0.389 e. The molecule has 0 radical (unpaired) electrons. The molecule has 1 atom stereocenters. The zero-order chi connectivity index (χ0) is 12.7. The fourth-order valence-electron chi connectivity index (χ4n) is 2.61. The van der Waals surface area contributed by atoms with E-state index in [0.717, 1.165) is 45.7 Å². The van der Waals surface area contributed by atoms with E-state index in [-0.39, 0.29) is 0 Å². The van der Waals surface area contributed by atoms with E-state index in [2.05, 4.69) is 18.7 Å². The zero-order valence-corrected chi connectivity index (χ0v) is 11.7. The maximum Gasteiger partial charge on any atom is 0.0768 e. The Hall–Kier alpha value is -0.120. The number of hydrogen-bond acceptors (Lipinski definition) is 3. The van der Waals surface area contributed by atoms with Crippen molar-refractivity contribution >= 4 is 0 Å². The summed E-state index contributed by atoms with van der Waals surface area (Å²) in [5.74, 6) is 0.654. The van der Waals surface area contributed by atoms with Gasteiger partial charge in [-0.2, -0.15) is 0 Å². The minimum atomic E-state index is -0.493.